The maximum Gasteiger partial charge on any atom is 0.0776 e. The van der Waals surface area contributed by atoms with Crippen LogP contribution in [0.5, 0.6) is 0 Å². The first-order valence-corrected chi connectivity index (χ1v) is 8.81. The molecule has 2 aromatic rings. The van der Waals surface area contributed by atoms with Crippen LogP contribution in [0, 0.1) is 0 Å². The largest absolute Gasteiger partial charge is 0.334 e. The first kappa shape index (κ1) is 15.3. The van der Waals surface area contributed by atoms with Gasteiger partial charge in [-0.15, -0.1) is 0 Å². The van der Waals surface area contributed by atoms with Crippen LogP contribution in [-0.2, 0) is 0 Å². The standard InChI is InChI=1S/C22H20ClN/c1-2-16-9-12-20(13-10-16)24-21-8-4-5-17(21)11-14-22(24)18-6-3-7-19(23)15-18/h2-3,6-7,9-15,22H,1,4-5,8H2. The monoisotopic (exact) mass is 333 g/mol. The van der Waals surface area contributed by atoms with E-state index >= 15 is 0 Å². The van der Waals surface area contributed by atoms with Crippen molar-refractivity contribution >= 4 is 23.4 Å². The van der Waals surface area contributed by atoms with Gasteiger partial charge in [-0.05, 0) is 60.2 Å². The van der Waals surface area contributed by atoms with Gasteiger partial charge in [-0.2, -0.15) is 0 Å². The van der Waals surface area contributed by atoms with Gasteiger partial charge in [-0.1, -0.05) is 60.7 Å². The van der Waals surface area contributed by atoms with Gasteiger partial charge < -0.3 is 4.90 Å². The summed E-state index contributed by atoms with van der Waals surface area (Å²) in [5.41, 5.74) is 6.52. The molecule has 2 heteroatoms. The lowest BCUT2D eigenvalue weighted by Crippen LogP contribution is -2.28. The van der Waals surface area contributed by atoms with Crippen molar-refractivity contribution in [2.75, 3.05) is 4.90 Å². The zero-order valence-corrected chi connectivity index (χ0v) is 14.3. The highest BCUT2D eigenvalue weighted by atomic mass is 35.5. The maximum atomic E-state index is 6.24. The Balaban J connectivity index is 1.80. The summed E-state index contributed by atoms with van der Waals surface area (Å²) in [6.45, 7) is 3.85. The van der Waals surface area contributed by atoms with Gasteiger partial charge in [0.2, 0.25) is 0 Å². The summed E-state index contributed by atoms with van der Waals surface area (Å²) in [5.74, 6) is 0. The molecule has 2 aliphatic rings. The van der Waals surface area contributed by atoms with Gasteiger partial charge in [-0.3, -0.25) is 0 Å². The third-order valence-electron chi connectivity index (χ3n) is 4.88. The van der Waals surface area contributed by atoms with E-state index in [1.165, 1.54) is 35.4 Å². The lowest BCUT2D eigenvalue weighted by atomic mass is 9.97. The Bertz CT molecular complexity index is 829. The Hall–Kier alpha value is -2.25. The van der Waals surface area contributed by atoms with Crippen LogP contribution in [0.15, 0.2) is 78.5 Å². The van der Waals surface area contributed by atoms with Gasteiger partial charge in [0.15, 0.2) is 0 Å². The Morgan fingerprint density at radius 2 is 1.92 bits per heavy atom. The second kappa shape index (κ2) is 6.33. The first-order chi connectivity index (χ1) is 11.8. The third kappa shape index (κ3) is 2.70. The molecule has 0 saturated heterocycles. The highest BCUT2D eigenvalue weighted by molar-refractivity contribution is 6.30. The first-order valence-electron chi connectivity index (χ1n) is 8.44. The molecule has 1 aliphatic heterocycles. The number of benzene rings is 2. The minimum Gasteiger partial charge on any atom is -0.334 e. The molecule has 0 spiro atoms. The fourth-order valence-electron chi connectivity index (χ4n) is 3.71. The molecular formula is C22H20ClN. The number of hydrogen-bond acceptors (Lipinski definition) is 1. The molecule has 0 saturated carbocycles. The van der Waals surface area contributed by atoms with E-state index in [1.54, 1.807) is 0 Å². The maximum absolute atomic E-state index is 6.24. The molecule has 2 aromatic carbocycles. The molecule has 1 nitrogen and oxygen atoms in total. The molecule has 0 fully saturated rings. The van der Waals surface area contributed by atoms with E-state index < -0.39 is 0 Å². The van der Waals surface area contributed by atoms with Crippen molar-refractivity contribution < 1.29 is 0 Å². The van der Waals surface area contributed by atoms with Crippen LogP contribution in [0.2, 0.25) is 5.02 Å². The molecule has 1 heterocycles. The highest BCUT2D eigenvalue weighted by Crippen LogP contribution is 2.43. The van der Waals surface area contributed by atoms with Crippen molar-refractivity contribution in [3.05, 3.63) is 94.7 Å². The predicted molar refractivity (Wildman–Crippen MR) is 103 cm³/mol. The van der Waals surface area contributed by atoms with E-state index in [9.17, 15) is 0 Å². The second-order valence-electron chi connectivity index (χ2n) is 6.35. The Labute approximate surface area is 148 Å². The zero-order valence-electron chi connectivity index (χ0n) is 13.6. The number of rotatable bonds is 3. The van der Waals surface area contributed by atoms with E-state index in [0.29, 0.717) is 0 Å². The van der Waals surface area contributed by atoms with E-state index in [2.05, 4.69) is 60.0 Å². The number of halogens is 1. The van der Waals surface area contributed by atoms with E-state index in [1.807, 2.05) is 18.2 Å². The van der Waals surface area contributed by atoms with Crippen molar-refractivity contribution in [1.29, 1.82) is 0 Å². The van der Waals surface area contributed by atoms with Crippen LogP contribution in [0.4, 0.5) is 5.69 Å². The number of allylic oxidation sites excluding steroid dienone is 3. The summed E-state index contributed by atoms with van der Waals surface area (Å²) in [4.78, 5) is 2.47. The van der Waals surface area contributed by atoms with E-state index in [-0.39, 0.29) is 6.04 Å². The van der Waals surface area contributed by atoms with Gasteiger partial charge in [-0.25, -0.2) is 0 Å². The summed E-state index contributed by atoms with van der Waals surface area (Å²) < 4.78 is 0. The number of anilines is 1. The average molecular weight is 334 g/mol. The molecule has 1 aliphatic carbocycles. The van der Waals surface area contributed by atoms with Gasteiger partial charge in [0, 0.05) is 16.4 Å². The quantitative estimate of drug-likeness (QED) is 0.616. The summed E-state index contributed by atoms with van der Waals surface area (Å²) in [7, 11) is 0. The average Bonchev–Trinajstić information content (AvgIpc) is 3.10. The fourth-order valence-corrected chi connectivity index (χ4v) is 3.90. The number of nitrogens with zero attached hydrogens (tertiary/aromatic N) is 1. The predicted octanol–water partition coefficient (Wildman–Crippen LogP) is 6.54. The normalized spacial score (nSPS) is 19.5. The Morgan fingerprint density at radius 3 is 2.67 bits per heavy atom. The van der Waals surface area contributed by atoms with Crippen LogP contribution in [0.1, 0.15) is 36.4 Å². The van der Waals surface area contributed by atoms with Crippen LogP contribution >= 0.6 is 11.6 Å². The van der Waals surface area contributed by atoms with Gasteiger partial charge >= 0.3 is 0 Å². The highest BCUT2D eigenvalue weighted by Gasteiger charge is 2.29. The summed E-state index contributed by atoms with van der Waals surface area (Å²) in [6.07, 6.45) is 10.0. The second-order valence-corrected chi connectivity index (χ2v) is 6.79. The van der Waals surface area contributed by atoms with Gasteiger partial charge in [0.25, 0.3) is 0 Å². The lowest BCUT2D eigenvalue weighted by Gasteiger charge is -2.36. The zero-order chi connectivity index (χ0) is 16.5. The summed E-state index contributed by atoms with van der Waals surface area (Å²) >= 11 is 6.24. The third-order valence-corrected chi connectivity index (χ3v) is 5.11. The SMILES string of the molecule is C=Cc1ccc(N2C3=C(C=CC2c2cccc(Cl)c2)CCC3)cc1. The van der Waals surface area contributed by atoms with E-state index in [4.69, 9.17) is 11.6 Å². The Kier molecular flexibility index (Phi) is 4.03. The lowest BCUT2D eigenvalue weighted by molar-refractivity contribution is 0.765. The molecule has 1 unspecified atom stereocenters. The van der Waals surface area contributed by atoms with Crippen LogP contribution < -0.4 is 4.90 Å². The van der Waals surface area contributed by atoms with Crippen molar-refractivity contribution in [3.63, 3.8) is 0 Å². The minimum atomic E-state index is 0.190. The summed E-state index contributed by atoms with van der Waals surface area (Å²) in [5, 5.41) is 0.786. The number of hydrogen-bond donors (Lipinski definition) is 0. The molecule has 0 radical (unpaired) electrons. The molecule has 120 valence electrons. The van der Waals surface area contributed by atoms with Crippen molar-refractivity contribution in [3.8, 4) is 0 Å². The molecule has 4 rings (SSSR count). The summed E-state index contributed by atoms with van der Waals surface area (Å²) in [6, 6.07) is 17.0. The molecule has 24 heavy (non-hydrogen) atoms. The fraction of sp³-hybridized carbons (Fsp3) is 0.182. The van der Waals surface area contributed by atoms with Crippen LogP contribution in [-0.4, -0.2) is 0 Å². The molecular weight excluding hydrogens is 314 g/mol. The van der Waals surface area contributed by atoms with Crippen LogP contribution in [0.25, 0.3) is 6.08 Å². The topological polar surface area (TPSA) is 3.24 Å². The molecule has 0 aromatic heterocycles. The molecule has 1 atom stereocenters. The Morgan fingerprint density at radius 1 is 1.08 bits per heavy atom. The molecule has 0 bridgehead atoms. The van der Waals surface area contributed by atoms with Crippen molar-refractivity contribution in [2.24, 2.45) is 0 Å². The molecule has 0 amide bonds. The van der Waals surface area contributed by atoms with E-state index in [0.717, 1.165) is 17.0 Å². The van der Waals surface area contributed by atoms with Crippen LogP contribution in [0.3, 0.4) is 0 Å². The molecule has 0 N–H and O–H groups in total. The van der Waals surface area contributed by atoms with Gasteiger partial charge in [0.1, 0.15) is 0 Å². The van der Waals surface area contributed by atoms with Gasteiger partial charge in [0.05, 0.1) is 6.04 Å². The minimum absolute atomic E-state index is 0.190. The smallest absolute Gasteiger partial charge is 0.0776 e. The van der Waals surface area contributed by atoms with Crippen molar-refractivity contribution in [1.82, 2.24) is 0 Å². The van der Waals surface area contributed by atoms with Crippen molar-refractivity contribution in [2.45, 2.75) is 25.3 Å².